The molecular formula is C17H18N6O. The fraction of sp³-hybridized carbons (Fsp3) is 0.176. The summed E-state index contributed by atoms with van der Waals surface area (Å²) in [5.74, 6) is 0.215. The molecule has 0 saturated heterocycles. The van der Waals surface area contributed by atoms with Gasteiger partial charge in [0.1, 0.15) is 5.82 Å². The van der Waals surface area contributed by atoms with Gasteiger partial charge in [0.05, 0.1) is 36.7 Å². The number of aryl methyl sites for hydroxylation is 1. The maximum atomic E-state index is 12.2. The van der Waals surface area contributed by atoms with E-state index < -0.39 is 0 Å². The second-order valence-electron chi connectivity index (χ2n) is 5.28. The molecule has 0 aliphatic heterocycles. The van der Waals surface area contributed by atoms with Gasteiger partial charge in [-0.05, 0) is 19.1 Å². The molecule has 0 aliphatic carbocycles. The molecule has 0 unspecified atom stereocenters. The van der Waals surface area contributed by atoms with Crippen molar-refractivity contribution in [3.05, 3.63) is 60.4 Å². The number of nitrogens with one attached hydrogen (secondary N) is 1. The Morgan fingerprint density at radius 1 is 1.25 bits per heavy atom. The van der Waals surface area contributed by atoms with Crippen LogP contribution in [0.25, 0.3) is 11.3 Å². The topological polar surface area (TPSA) is 98.7 Å². The number of nitrogens with two attached hydrogens (primary N) is 1. The van der Waals surface area contributed by atoms with Crippen molar-refractivity contribution in [3.63, 3.8) is 0 Å². The Morgan fingerprint density at radius 3 is 2.71 bits per heavy atom. The SMILES string of the molecule is CCn1cnc(CNC(=O)c2ccc(-c3cncc(N)n3)cc2)c1. The first-order chi connectivity index (χ1) is 11.7. The van der Waals surface area contributed by atoms with Crippen LogP contribution in [-0.2, 0) is 13.1 Å². The summed E-state index contributed by atoms with van der Waals surface area (Å²) in [7, 11) is 0. The number of benzene rings is 1. The van der Waals surface area contributed by atoms with Crippen LogP contribution in [0.3, 0.4) is 0 Å². The van der Waals surface area contributed by atoms with E-state index in [1.165, 1.54) is 6.20 Å². The number of hydrogen-bond donors (Lipinski definition) is 2. The van der Waals surface area contributed by atoms with Gasteiger partial charge in [0.2, 0.25) is 0 Å². The van der Waals surface area contributed by atoms with Crippen LogP contribution >= 0.6 is 0 Å². The van der Waals surface area contributed by atoms with Crippen molar-refractivity contribution in [1.82, 2.24) is 24.8 Å². The number of aromatic nitrogens is 4. The highest BCUT2D eigenvalue weighted by molar-refractivity contribution is 5.94. The molecule has 2 heterocycles. The van der Waals surface area contributed by atoms with Crippen molar-refractivity contribution in [3.8, 4) is 11.3 Å². The minimum atomic E-state index is -0.147. The first-order valence-corrected chi connectivity index (χ1v) is 7.62. The van der Waals surface area contributed by atoms with E-state index in [1.54, 1.807) is 24.7 Å². The van der Waals surface area contributed by atoms with E-state index in [2.05, 4.69) is 20.3 Å². The average molecular weight is 322 g/mol. The first kappa shape index (κ1) is 15.7. The Morgan fingerprint density at radius 2 is 2.04 bits per heavy atom. The lowest BCUT2D eigenvalue weighted by Gasteiger charge is -2.05. The van der Waals surface area contributed by atoms with Crippen molar-refractivity contribution < 1.29 is 4.79 Å². The largest absolute Gasteiger partial charge is 0.382 e. The van der Waals surface area contributed by atoms with E-state index in [0.29, 0.717) is 23.6 Å². The van der Waals surface area contributed by atoms with Crippen molar-refractivity contribution in [2.45, 2.75) is 20.0 Å². The molecular weight excluding hydrogens is 304 g/mol. The predicted octanol–water partition coefficient (Wildman–Crippen LogP) is 1.87. The third-order valence-electron chi connectivity index (χ3n) is 3.58. The second-order valence-corrected chi connectivity index (χ2v) is 5.28. The number of anilines is 1. The number of amides is 1. The van der Waals surface area contributed by atoms with E-state index in [9.17, 15) is 4.79 Å². The van der Waals surface area contributed by atoms with E-state index >= 15 is 0 Å². The standard InChI is InChI=1S/C17H18N6O/c1-2-23-10-14(21-11-23)7-20-17(24)13-5-3-12(4-6-13)15-8-19-9-16(18)22-15/h3-6,8-11H,2,7H2,1H3,(H2,18,22)(H,20,24). The van der Waals surface area contributed by atoms with Crippen LogP contribution in [0.5, 0.6) is 0 Å². The van der Waals surface area contributed by atoms with Gasteiger partial charge in [0, 0.05) is 23.9 Å². The fourth-order valence-corrected chi connectivity index (χ4v) is 2.26. The van der Waals surface area contributed by atoms with Gasteiger partial charge in [-0.2, -0.15) is 0 Å². The van der Waals surface area contributed by atoms with Gasteiger partial charge in [0.15, 0.2) is 0 Å². The van der Waals surface area contributed by atoms with Gasteiger partial charge in [-0.15, -0.1) is 0 Å². The molecule has 0 radical (unpaired) electrons. The summed E-state index contributed by atoms with van der Waals surface area (Å²) in [5, 5.41) is 2.86. The van der Waals surface area contributed by atoms with Crippen molar-refractivity contribution >= 4 is 11.7 Å². The molecule has 122 valence electrons. The summed E-state index contributed by atoms with van der Waals surface area (Å²) < 4.78 is 1.96. The highest BCUT2D eigenvalue weighted by Gasteiger charge is 2.08. The Kier molecular flexibility index (Phi) is 4.51. The van der Waals surface area contributed by atoms with Crippen LogP contribution in [0.4, 0.5) is 5.82 Å². The van der Waals surface area contributed by atoms with E-state index in [0.717, 1.165) is 17.8 Å². The molecule has 7 nitrogen and oxygen atoms in total. The Hall–Kier alpha value is -3.22. The molecule has 3 aromatic rings. The number of imidazole rings is 1. The van der Waals surface area contributed by atoms with Crippen LogP contribution < -0.4 is 11.1 Å². The zero-order valence-corrected chi connectivity index (χ0v) is 13.3. The van der Waals surface area contributed by atoms with E-state index in [4.69, 9.17) is 5.73 Å². The molecule has 7 heteroatoms. The van der Waals surface area contributed by atoms with Crippen LogP contribution in [-0.4, -0.2) is 25.4 Å². The Labute approximate surface area is 139 Å². The quantitative estimate of drug-likeness (QED) is 0.747. The molecule has 2 aromatic heterocycles. The number of nitrogen functional groups attached to an aromatic ring is 1. The summed E-state index contributed by atoms with van der Waals surface area (Å²) in [4.78, 5) is 24.7. The minimum absolute atomic E-state index is 0.147. The third kappa shape index (κ3) is 3.57. The molecule has 0 atom stereocenters. The normalized spacial score (nSPS) is 10.5. The van der Waals surface area contributed by atoms with Gasteiger partial charge in [-0.3, -0.25) is 9.78 Å². The molecule has 0 spiro atoms. The second kappa shape index (κ2) is 6.91. The summed E-state index contributed by atoms with van der Waals surface area (Å²) >= 11 is 0. The van der Waals surface area contributed by atoms with Gasteiger partial charge < -0.3 is 15.6 Å². The monoisotopic (exact) mass is 322 g/mol. The molecule has 0 bridgehead atoms. The summed E-state index contributed by atoms with van der Waals surface area (Å²) in [6, 6.07) is 7.15. The number of rotatable bonds is 5. The molecule has 24 heavy (non-hydrogen) atoms. The highest BCUT2D eigenvalue weighted by atomic mass is 16.1. The maximum Gasteiger partial charge on any atom is 0.251 e. The molecule has 1 amide bonds. The Bertz CT molecular complexity index is 840. The minimum Gasteiger partial charge on any atom is -0.382 e. The molecule has 0 saturated carbocycles. The maximum absolute atomic E-state index is 12.2. The summed E-state index contributed by atoms with van der Waals surface area (Å²) in [6.45, 7) is 3.29. The lowest BCUT2D eigenvalue weighted by atomic mass is 10.1. The molecule has 3 N–H and O–H groups in total. The zero-order chi connectivity index (χ0) is 16.9. The van der Waals surface area contributed by atoms with E-state index in [1.807, 2.05) is 29.8 Å². The summed E-state index contributed by atoms with van der Waals surface area (Å²) in [5.41, 5.74) is 8.57. The molecule has 0 aliphatic rings. The number of nitrogens with zero attached hydrogens (tertiary/aromatic N) is 4. The number of hydrogen-bond acceptors (Lipinski definition) is 5. The zero-order valence-electron chi connectivity index (χ0n) is 13.3. The predicted molar refractivity (Wildman–Crippen MR) is 91.0 cm³/mol. The van der Waals surface area contributed by atoms with Crippen LogP contribution in [0, 0.1) is 0 Å². The molecule has 3 rings (SSSR count). The van der Waals surface area contributed by atoms with Crippen LogP contribution in [0.15, 0.2) is 49.2 Å². The smallest absolute Gasteiger partial charge is 0.251 e. The fourth-order valence-electron chi connectivity index (χ4n) is 2.26. The van der Waals surface area contributed by atoms with Crippen LogP contribution in [0.1, 0.15) is 23.0 Å². The van der Waals surface area contributed by atoms with Gasteiger partial charge >= 0.3 is 0 Å². The number of carbonyl (C=O) groups is 1. The van der Waals surface area contributed by atoms with Crippen molar-refractivity contribution in [1.29, 1.82) is 0 Å². The van der Waals surface area contributed by atoms with E-state index in [-0.39, 0.29) is 5.91 Å². The first-order valence-electron chi connectivity index (χ1n) is 7.62. The third-order valence-corrected chi connectivity index (χ3v) is 3.58. The number of carbonyl (C=O) groups excluding carboxylic acids is 1. The van der Waals surface area contributed by atoms with Crippen LogP contribution in [0.2, 0.25) is 0 Å². The summed E-state index contributed by atoms with van der Waals surface area (Å²) in [6.07, 6.45) is 6.80. The molecule has 0 fully saturated rings. The average Bonchev–Trinajstić information content (AvgIpc) is 3.08. The van der Waals surface area contributed by atoms with Gasteiger partial charge in [-0.1, -0.05) is 12.1 Å². The van der Waals surface area contributed by atoms with Gasteiger partial charge in [0.25, 0.3) is 5.91 Å². The lowest BCUT2D eigenvalue weighted by Crippen LogP contribution is -2.22. The van der Waals surface area contributed by atoms with Gasteiger partial charge in [-0.25, -0.2) is 9.97 Å². The van der Waals surface area contributed by atoms with Crippen molar-refractivity contribution in [2.75, 3.05) is 5.73 Å². The highest BCUT2D eigenvalue weighted by Crippen LogP contribution is 2.17. The lowest BCUT2D eigenvalue weighted by molar-refractivity contribution is 0.0950. The van der Waals surface area contributed by atoms with Crippen molar-refractivity contribution in [2.24, 2.45) is 0 Å². The molecule has 1 aromatic carbocycles. The Balaban J connectivity index is 1.65.